The van der Waals surface area contributed by atoms with E-state index < -0.39 is 35.6 Å². The number of nitrogens with zero attached hydrogens (tertiary/aromatic N) is 3. The molecule has 1 aliphatic heterocycles. The highest BCUT2D eigenvalue weighted by Crippen LogP contribution is 2.29. The Kier molecular flexibility index (Phi) is 9.09. The van der Waals surface area contributed by atoms with E-state index in [0.717, 1.165) is 43.4 Å². The molecule has 3 aromatic rings. The molecule has 8 nitrogen and oxygen atoms in total. The third kappa shape index (κ3) is 6.82. The van der Waals surface area contributed by atoms with Gasteiger partial charge in [0.2, 0.25) is 5.91 Å². The van der Waals surface area contributed by atoms with Crippen LogP contribution in [-0.4, -0.2) is 76.7 Å². The summed E-state index contributed by atoms with van der Waals surface area (Å²) in [7, 11) is 1.78. The van der Waals surface area contributed by atoms with Gasteiger partial charge >= 0.3 is 0 Å². The summed E-state index contributed by atoms with van der Waals surface area (Å²) < 4.78 is 32.7. The Morgan fingerprint density at radius 1 is 1.10 bits per heavy atom. The van der Waals surface area contributed by atoms with E-state index in [1.807, 2.05) is 30.3 Å². The summed E-state index contributed by atoms with van der Waals surface area (Å²) in [5.74, 6) is -2.68. The summed E-state index contributed by atoms with van der Waals surface area (Å²) >= 11 is 0. The number of rotatable bonds is 8. The standard InChI is InChI=1S/C31H36F2N4O4/c1-36(15-13-20-7-3-2-4-8-20)31(40)23-19-37(27-9-5-6-10-28(27)38)16-14-25(23)34-30(39)26-18-29(41-35-26)22-12-11-21(32)17-24(22)33/h2-4,7-8,11-12,17-18,23,25,27-28,38H,5-6,9-10,13-16,19H2,1H3,(H,34,39)/t23-,25-,27+,28-/m1/s1. The quantitative estimate of drug-likeness (QED) is 0.427. The maximum absolute atomic E-state index is 14.2. The van der Waals surface area contributed by atoms with Crippen LogP contribution in [0.5, 0.6) is 0 Å². The Labute approximate surface area is 238 Å². The van der Waals surface area contributed by atoms with Crippen molar-refractivity contribution in [2.24, 2.45) is 5.92 Å². The van der Waals surface area contributed by atoms with Crippen molar-refractivity contribution in [3.8, 4) is 11.3 Å². The van der Waals surface area contributed by atoms with Gasteiger partial charge in [-0.05, 0) is 43.4 Å². The van der Waals surface area contributed by atoms with Crippen LogP contribution < -0.4 is 5.32 Å². The molecule has 0 radical (unpaired) electrons. The third-order valence-electron chi connectivity index (χ3n) is 8.34. The number of aromatic nitrogens is 1. The van der Waals surface area contributed by atoms with Crippen molar-refractivity contribution in [2.75, 3.05) is 26.7 Å². The number of aliphatic hydroxyl groups is 1. The fourth-order valence-electron chi connectivity index (χ4n) is 5.99. The van der Waals surface area contributed by atoms with Crippen molar-refractivity contribution in [3.63, 3.8) is 0 Å². The normalized spacial score (nSPS) is 23.2. The van der Waals surface area contributed by atoms with Crippen LogP contribution in [0.4, 0.5) is 8.78 Å². The number of hydrogen-bond donors (Lipinski definition) is 2. The van der Waals surface area contributed by atoms with E-state index >= 15 is 0 Å². The summed E-state index contributed by atoms with van der Waals surface area (Å²) in [5, 5.41) is 17.5. The number of nitrogens with one attached hydrogen (secondary N) is 1. The first kappa shape index (κ1) is 28.9. The van der Waals surface area contributed by atoms with E-state index in [2.05, 4.69) is 15.4 Å². The molecule has 10 heteroatoms. The molecule has 1 aliphatic carbocycles. The molecule has 5 rings (SSSR count). The fraction of sp³-hybridized carbons (Fsp3) is 0.452. The number of amides is 2. The average Bonchev–Trinajstić information content (AvgIpc) is 3.47. The number of likely N-dealkylation sites (tertiary alicyclic amines) is 1. The van der Waals surface area contributed by atoms with E-state index in [4.69, 9.17) is 4.52 Å². The maximum atomic E-state index is 14.2. The van der Waals surface area contributed by atoms with E-state index in [1.165, 1.54) is 12.1 Å². The maximum Gasteiger partial charge on any atom is 0.273 e. The molecule has 4 atom stereocenters. The van der Waals surface area contributed by atoms with Crippen LogP contribution in [0.15, 0.2) is 59.1 Å². The minimum absolute atomic E-state index is 0.00188. The Balaban J connectivity index is 1.30. The molecule has 2 fully saturated rings. The van der Waals surface area contributed by atoms with Gasteiger partial charge in [-0.1, -0.05) is 48.3 Å². The number of likely N-dealkylation sites (N-methyl/N-ethyl adjacent to an activating group) is 1. The van der Waals surface area contributed by atoms with Gasteiger partial charge in [0.1, 0.15) is 11.6 Å². The predicted octanol–water partition coefficient (Wildman–Crippen LogP) is 4.04. The van der Waals surface area contributed by atoms with Gasteiger partial charge in [-0.25, -0.2) is 8.78 Å². The number of halogens is 2. The van der Waals surface area contributed by atoms with Crippen molar-refractivity contribution in [2.45, 2.75) is 56.7 Å². The second-order valence-electron chi connectivity index (χ2n) is 11.1. The lowest BCUT2D eigenvalue weighted by molar-refractivity contribution is -0.138. The highest BCUT2D eigenvalue weighted by molar-refractivity contribution is 5.94. The molecule has 2 heterocycles. The molecule has 0 spiro atoms. The van der Waals surface area contributed by atoms with Gasteiger partial charge in [-0.15, -0.1) is 0 Å². The van der Waals surface area contributed by atoms with E-state index in [0.29, 0.717) is 32.5 Å². The second-order valence-corrected chi connectivity index (χ2v) is 11.1. The number of hydrogen-bond acceptors (Lipinski definition) is 6. The highest BCUT2D eigenvalue weighted by atomic mass is 19.1. The fourth-order valence-corrected chi connectivity index (χ4v) is 5.99. The van der Waals surface area contributed by atoms with E-state index in [9.17, 15) is 23.5 Å². The van der Waals surface area contributed by atoms with Gasteiger partial charge < -0.3 is 19.8 Å². The van der Waals surface area contributed by atoms with Gasteiger partial charge in [0.25, 0.3) is 5.91 Å². The Morgan fingerprint density at radius 2 is 1.88 bits per heavy atom. The van der Waals surface area contributed by atoms with Crippen molar-refractivity contribution in [3.05, 3.63) is 77.5 Å². The molecule has 2 aliphatic rings. The lowest BCUT2D eigenvalue weighted by Gasteiger charge is -2.45. The number of piperidine rings is 1. The molecule has 0 bridgehead atoms. The topological polar surface area (TPSA) is 98.9 Å². The number of carbonyl (C=O) groups is 2. The summed E-state index contributed by atoms with van der Waals surface area (Å²) in [6.45, 7) is 1.59. The molecule has 0 unspecified atom stereocenters. The molecular weight excluding hydrogens is 530 g/mol. The number of carbonyl (C=O) groups excluding carboxylic acids is 2. The van der Waals surface area contributed by atoms with Crippen LogP contribution in [0.2, 0.25) is 0 Å². The minimum atomic E-state index is -0.824. The predicted molar refractivity (Wildman–Crippen MR) is 149 cm³/mol. The van der Waals surface area contributed by atoms with Gasteiger partial charge in [0, 0.05) is 50.9 Å². The molecule has 1 aromatic heterocycles. The van der Waals surface area contributed by atoms with Crippen LogP contribution in [0, 0.1) is 17.6 Å². The largest absolute Gasteiger partial charge is 0.391 e. The third-order valence-corrected chi connectivity index (χ3v) is 8.34. The first-order valence-corrected chi connectivity index (χ1v) is 14.2. The smallest absolute Gasteiger partial charge is 0.273 e. The zero-order chi connectivity index (χ0) is 28.9. The summed E-state index contributed by atoms with van der Waals surface area (Å²) in [6.07, 6.45) is 4.47. The minimum Gasteiger partial charge on any atom is -0.391 e. The zero-order valence-electron chi connectivity index (χ0n) is 23.1. The molecule has 1 saturated heterocycles. The molecule has 41 heavy (non-hydrogen) atoms. The van der Waals surface area contributed by atoms with E-state index in [1.54, 1.807) is 11.9 Å². The lowest BCUT2D eigenvalue weighted by atomic mass is 9.85. The Hall–Kier alpha value is -3.63. The Bertz CT molecular complexity index is 1350. The monoisotopic (exact) mass is 566 g/mol. The molecule has 2 N–H and O–H groups in total. The van der Waals surface area contributed by atoms with Crippen molar-refractivity contribution in [1.82, 2.24) is 20.3 Å². The summed E-state index contributed by atoms with van der Waals surface area (Å²) in [5.41, 5.74) is 1.06. The van der Waals surface area contributed by atoms with Gasteiger partial charge in [0.15, 0.2) is 11.5 Å². The van der Waals surface area contributed by atoms with Crippen LogP contribution in [0.3, 0.4) is 0 Å². The van der Waals surface area contributed by atoms with Crippen LogP contribution in [0.1, 0.15) is 48.2 Å². The Morgan fingerprint density at radius 3 is 2.63 bits per heavy atom. The number of benzene rings is 2. The second kappa shape index (κ2) is 12.9. The van der Waals surface area contributed by atoms with E-state index in [-0.39, 0.29) is 29.0 Å². The highest BCUT2D eigenvalue weighted by Gasteiger charge is 2.41. The lowest BCUT2D eigenvalue weighted by Crippen LogP contribution is -2.59. The average molecular weight is 567 g/mol. The molecule has 2 aromatic carbocycles. The van der Waals surface area contributed by atoms with Gasteiger partial charge in [0.05, 0.1) is 17.6 Å². The van der Waals surface area contributed by atoms with Crippen LogP contribution >= 0.6 is 0 Å². The summed E-state index contributed by atoms with van der Waals surface area (Å²) in [6, 6.07) is 13.8. The van der Waals surface area contributed by atoms with Crippen molar-refractivity contribution >= 4 is 11.8 Å². The molecule has 2 amide bonds. The molecule has 1 saturated carbocycles. The first-order chi connectivity index (χ1) is 19.8. The molecular formula is C31H36F2N4O4. The van der Waals surface area contributed by atoms with Gasteiger partial charge in [-0.2, -0.15) is 0 Å². The SMILES string of the molecule is CN(CCc1ccccc1)C(=O)[C@@H]1CN([C@H]2CCCC[C@H]2O)CC[C@H]1NC(=O)c1cc(-c2ccc(F)cc2F)on1. The molecule has 218 valence electrons. The zero-order valence-corrected chi connectivity index (χ0v) is 23.1. The number of aliphatic hydroxyl groups excluding tert-OH is 1. The van der Waals surface area contributed by atoms with Gasteiger partial charge in [-0.3, -0.25) is 14.5 Å². The van der Waals surface area contributed by atoms with Crippen LogP contribution in [-0.2, 0) is 11.2 Å². The first-order valence-electron chi connectivity index (χ1n) is 14.2. The van der Waals surface area contributed by atoms with Crippen LogP contribution in [0.25, 0.3) is 11.3 Å². The summed E-state index contributed by atoms with van der Waals surface area (Å²) in [4.78, 5) is 30.9. The van der Waals surface area contributed by atoms with Crippen molar-refractivity contribution < 1.29 is 28.0 Å². The van der Waals surface area contributed by atoms with Crippen molar-refractivity contribution in [1.29, 1.82) is 0 Å².